The summed E-state index contributed by atoms with van der Waals surface area (Å²) in [7, 11) is 6.10. The van der Waals surface area contributed by atoms with Gasteiger partial charge >= 0.3 is 5.97 Å². The number of aliphatic carboxylic acids is 1. The van der Waals surface area contributed by atoms with E-state index in [4.69, 9.17) is 9.84 Å². The highest BCUT2D eigenvalue weighted by molar-refractivity contribution is 5.67. The third-order valence-electron chi connectivity index (χ3n) is 3.97. The summed E-state index contributed by atoms with van der Waals surface area (Å²) < 4.78 is 6.27. The summed E-state index contributed by atoms with van der Waals surface area (Å²) in [5, 5.41) is 8.96. The van der Waals surface area contributed by atoms with Crippen molar-refractivity contribution in [2.24, 2.45) is 0 Å². The van der Waals surface area contributed by atoms with Crippen LogP contribution in [0.3, 0.4) is 0 Å². The van der Waals surface area contributed by atoms with Crippen LogP contribution in [-0.2, 0) is 9.53 Å². The largest absolute Gasteiger partial charge is 0.492 e. The fraction of sp³-hybridized carbons (Fsp3) is 0.762. The Kier molecular flexibility index (Phi) is 14.2. The molecule has 0 heterocycles. The molecule has 0 saturated carbocycles. The molecule has 0 saturated heterocycles. The van der Waals surface area contributed by atoms with E-state index < -0.39 is 5.97 Å². The molecule has 0 amide bonds. The molecule has 0 aromatic carbocycles. The number of likely N-dealkylation sites (N-methyl/N-ethyl adjacent to an activating group) is 1. The lowest BCUT2D eigenvalue weighted by atomic mass is 10.1. The summed E-state index contributed by atoms with van der Waals surface area (Å²) in [6.45, 7) is 2.92. The lowest BCUT2D eigenvalue weighted by Crippen LogP contribution is -2.42. The number of hydrogen-bond acceptors (Lipinski definition) is 2. The quantitative estimate of drug-likeness (QED) is 0.180. The van der Waals surface area contributed by atoms with Crippen LogP contribution < -0.4 is 0 Å². The Bertz CT molecular complexity index is 383. The van der Waals surface area contributed by atoms with Crippen LogP contribution in [0.2, 0.25) is 0 Å². The van der Waals surface area contributed by atoms with E-state index in [9.17, 15) is 4.79 Å². The summed E-state index contributed by atoms with van der Waals surface area (Å²) in [5.74, 6) is -0.822. The smallest absolute Gasteiger partial charge is 0.307 e. The lowest BCUT2D eigenvalue weighted by Gasteiger charge is -2.28. The number of ether oxygens (including phenoxy) is 1. The van der Waals surface area contributed by atoms with E-state index in [2.05, 4.69) is 13.0 Å². The number of carboxylic acid groups (broad SMARTS) is 1. The number of nitrogens with zero attached hydrogens (tertiary/aromatic N) is 1. The van der Waals surface area contributed by atoms with Crippen molar-refractivity contribution in [1.82, 2.24) is 0 Å². The third-order valence-corrected chi connectivity index (χ3v) is 3.97. The van der Waals surface area contributed by atoms with Gasteiger partial charge in [0.2, 0.25) is 0 Å². The van der Waals surface area contributed by atoms with Gasteiger partial charge in [-0.2, -0.15) is 0 Å². The van der Waals surface area contributed by atoms with Gasteiger partial charge in [-0.3, -0.25) is 4.79 Å². The molecule has 0 rings (SSSR count). The van der Waals surface area contributed by atoms with Crippen molar-refractivity contribution in [2.75, 3.05) is 27.7 Å². The number of allylic oxidation sites excluding steroid dienone is 3. The van der Waals surface area contributed by atoms with Crippen LogP contribution in [0.5, 0.6) is 0 Å². The first kappa shape index (κ1) is 23.7. The average molecular weight is 355 g/mol. The van der Waals surface area contributed by atoms with E-state index in [1.165, 1.54) is 51.4 Å². The molecule has 146 valence electrons. The minimum absolute atomic E-state index is 0.0296. The Morgan fingerprint density at radius 3 is 2.16 bits per heavy atom. The fourth-order valence-corrected chi connectivity index (χ4v) is 2.73. The number of quaternary nitrogens is 1. The zero-order chi connectivity index (χ0) is 19.0. The highest BCUT2D eigenvalue weighted by Crippen LogP contribution is 2.10. The summed E-state index contributed by atoms with van der Waals surface area (Å²) >= 11 is 0. The highest BCUT2D eigenvalue weighted by atomic mass is 16.5. The predicted molar refractivity (Wildman–Crippen MR) is 106 cm³/mol. The van der Waals surface area contributed by atoms with Crippen LogP contribution in [0.25, 0.3) is 0 Å². The Balaban J connectivity index is 3.78. The third kappa shape index (κ3) is 18.9. The summed E-state index contributed by atoms with van der Waals surface area (Å²) in [6.07, 6.45) is 19.2. The van der Waals surface area contributed by atoms with Crippen molar-refractivity contribution < 1.29 is 19.1 Å². The Hall–Kier alpha value is -1.29. The molecule has 4 nitrogen and oxygen atoms in total. The molecule has 0 aliphatic rings. The van der Waals surface area contributed by atoms with Gasteiger partial charge in [0.05, 0.1) is 33.8 Å². The summed E-state index contributed by atoms with van der Waals surface area (Å²) in [5.41, 5.74) is 0. The Labute approximate surface area is 155 Å². The normalized spacial score (nSPS) is 13.6. The number of hydrogen-bond donors (Lipinski definition) is 1. The van der Waals surface area contributed by atoms with Crippen molar-refractivity contribution in [2.45, 2.75) is 77.2 Å². The second kappa shape index (κ2) is 15.0. The SMILES string of the molecule is CCCCCCCCCCC=CC=COC(CC(=O)O)C[N+](C)(C)C. The van der Waals surface area contributed by atoms with Crippen LogP contribution in [0.4, 0.5) is 0 Å². The van der Waals surface area contributed by atoms with Gasteiger partial charge in [0.15, 0.2) is 6.10 Å². The van der Waals surface area contributed by atoms with E-state index in [0.29, 0.717) is 11.0 Å². The van der Waals surface area contributed by atoms with Crippen LogP contribution in [0, 0.1) is 0 Å². The van der Waals surface area contributed by atoms with Gasteiger partial charge in [0.1, 0.15) is 6.54 Å². The van der Waals surface area contributed by atoms with Gasteiger partial charge in [-0.05, 0) is 18.9 Å². The van der Waals surface area contributed by atoms with Crippen molar-refractivity contribution in [1.29, 1.82) is 0 Å². The molecule has 0 aliphatic carbocycles. The molecular formula is C21H40NO3+. The lowest BCUT2D eigenvalue weighted by molar-refractivity contribution is -0.873. The Morgan fingerprint density at radius 1 is 1.00 bits per heavy atom. The maximum atomic E-state index is 10.9. The van der Waals surface area contributed by atoms with Crippen LogP contribution >= 0.6 is 0 Å². The zero-order valence-electron chi connectivity index (χ0n) is 16.9. The van der Waals surface area contributed by atoms with E-state index in [0.717, 1.165) is 6.42 Å². The molecular weight excluding hydrogens is 314 g/mol. The highest BCUT2D eigenvalue weighted by Gasteiger charge is 2.21. The van der Waals surface area contributed by atoms with Crippen molar-refractivity contribution in [3.63, 3.8) is 0 Å². The van der Waals surface area contributed by atoms with Gasteiger partial charge in [0.25, 0.3) is 0 Å². The fourth-order valence-electron chi connectivity index (χ4n) is 2.73. The molecule has 25 heavy (non-hydrogen) atoms. The minimum Gasteiger partial charge on any atom is -0.492 e. The van der Waals surface area contributed by atoms with E-state index in [1.54, 1.807) is 6.26 Å². The summed E-state index contributed by atoms with van der Waals surface area (Å²) in [6, 6.07) is 0. The first-order valence-electron chi connectivity index (χ1n) is 9.84. The van der Waals surface area contributed by atoms with Gasteiger partial charge in [-0.25, -0.2) is 0 Å². The molecule has 0 fully saturated rings. The number of carbonyl (C=O) groups is 1. The standard InChI is InChI=1S/C21H39NO3/c1-5-6-7-8-9-10-11-12-13-14-15-16-17-25-20(18-21(23)24)19-22(2,3)4/h14-17,20H,5-13,18-19H2,1-4H3/p+1. The predicted octanol–water partition coefficient (Wildman–Crippen LogP) is 5.15. The molecule has 1 atom stereocenters. The van der Waals surface area contributed by atoms with Gasteiger partial charge in [0, 0.05) is 0 Å². The van der Waals surface area contributed by atoms with Crippen LogP contribution in [-0.4, -0.2) is 49.4 Å². The second-order valence-corrected chi connectivity index (χ2v) is 7.85. The van der Waals surface area contributed by atoms with E-state index >= 15 is 0 Å². The maximum absolute atomic E-state index is 10.9. The van der Waals surface area contributed by atoms with Gasteiger partial charge in [-0.1, -0.05) is 64.0 Å². The van der Waals surface area contributed by atoms with Crippen molar-refractivity contribution >= 4 is 5.97 Å². The Morgan fingerprint density at radius 2 is 1.60 bits per heavy atom. The van der Waals surface area contributed by atoms with Gasteiger partial charge in [-0.15, -0.1) is 0 Å². The molecule has 1 unspecified atom stereocenters. The number of carboxylic acids is 1. The molecule has 4 heteroatoms. The van der Waals surface area contributed by atoms with Crippen LogP contribution in [0.15, 0.2) is 24.5 Å². The second-order valence-electron chi connectivity index (χ2n) is 7.85. The maximum Gasteiger partial charge on any atom is 0.307 e. The molecule has 1 N–H and O–H groups in total. The minimum atomic E-state index is -0.822. The molecule has 0 spiro atoms. The van der Waals surface area contributed by atoms with Crippen molar-refractivity contribution in [3.8, 4) is 0 Å². The van der Waals surface area contributed by atoms with E-state index in [1.807, 2.05) is 33.3 Å². The first-order valence-corrected chi connectivity index (χ1v) is 9.84. The average Bonchev–Trinajstić information content (AvgIpc) is 2.49. The number of rotatable bonds is 16. The molecule has 0 bridgehead atoms. The zero-order valence-corrected chi connectivity index (χ0v) is 16.9. The monoisotopic (exact) mass is 354 g/mol. The van der Waals surface area contributed by atoms with E-state index in [-0.39, 0.29) is 12.5 Å². The molecule has 0 radical (unpaired) electrons. The first-order chi connectivity index (χ1) is 11.8. The van der Waals surface area contributed by atoms with Gasteiger partial charge < -0.3 is 14.3 Å². The molecule has 0 aromatic rings. The number of unbranched alkanes of at least 4 members (excludes halogenated alkanes) is 8. The summed E-state index contributed by atoms with van der Waals surface area (Å²) in [4.78, 5) is 10.9. The molecule has 0 aliphatic heterocycles. The molecule has 0 aromatic heterocycles. The van der Waals surface area contributed by atoms with Crippen molar-refractivity contribution in [3.05, 3.63) is 24.5 Å². The topological polar surface area (TPSA) is 46.5 Å². The van der Waals surface area contributed by atoms with Crippen LogP contribution in [0.1, 0.15) is 71.1 Å².